The van der Waals surface area contributed by atoms with E-state index in [9.17, 15) is 13.2 Å². The minimum absolute atomic E-state index is 0. The molecule has 0 rings (SSSR count). The van der Waals surface area contributed by atoms with Gasteiger partial charge in [-0.3, -0.25) is 23.5 Å². The van der Waals surface area contributed by atoms with E-state index in [0.717, 1.165) is 0 Å². The fraction of sp³-hybridized carbons (Fsp3) is 1.00. The van der Waals surface area contributed by atoms with Crippen molar-refractivity contribution in [2.45, 2.75) is 6.68 Å². The Labute approximate surface area is 44.9 Å². The van der Waals surface area contributed by atoms with E-state index in [1.807, 2.05) is 0 Å². The Kier molecular flexibility index (Phi) is 452. The lowest BCUT2D eigenvalue weighted by Crippen LogP contribution is -1.65. The molecule has 0 radical (unpaired) electrons. The highest BCUT2D eigenvalue weighted by molar-refractivity contribution is 3.83. The predicted molar refractivity (Wildman–Crippen MR) is 19.6 cm³/mol. The van der Waals surface area contributed by atoms with Gasteiger partial charge in [0.15, 0.2) is 0 Å². The summed E-state index contributed by atoms with van der Waals surface area (Å²) < 4.78 is 29.0. The van der Waals surface area contributed by atoms with Gasteiger partial charge in [-0.1, -0.05) is 0 Å². The summed E-state index contributed by atoms with van der Waals surface area (Å²) in [6.45, 7) is -3.67. The first-order valence-corrected chi connectivity index (χ1v) is 0.655. The standard InChI is InChI=1S/CHF3.5FH/c2-1(3)4;;;;;/h1H;5*1H. The van der Waals surface area contributed by atoms with Gasteiger partial charge in [0.05, 0.1) is 0 Å². The van der Waals surface area contributed by atoms with Gasteiger partial charge in [-0.25, -0.2) is 0 Å². The molecule has 0 aliphatic heterocycles. The lowest BCUT2D eigenvalue weighted by molar-refractivity contribution is 0.00819. The van der Waals surface area contributed by atoms with E-state index in [0.29, 0.717) is 0 Å². The smallest absolute Gasteiger partial charge is 0.269 e. The molecule has 0 nitrogen and oxygen atoms in total. The maximum Gasteiger partial charge on any atom is 0.379 e. The Balaban J connectivity index is -0.00000000450. The first kappa shape index (κ1) is 78.5. The molecule has 0 saturated carbocycles. The highest BCUT2D eigenvalue weighted by atomic mass is 19.4. The number of rotatable bonds is 0. The molecule has 0 fully saturated rings. The van der Waals surface area contributed by atoms with Crippen molar-refractivity contribution >= 4 is 0 Å². The number of hydrogen-bond acceptors (Lipinski definition) is 0. The van der Waals surface area contributed by atoms with Gasteiger partial charge in [-0.15, -0.1) is 0 Å². The molecule has 0 aromatic heterocycles. The maximum absolute atomic E-state index is 9.67. The Morgan fingerprint density at radius 3 is 0.556 bits per heavy atom. The third-order valence-corrected chi connectivity index (χ3v) is 0. The molecule has 0 bridgehead atoms. The van der Waals surface area contributed by atoms with Crippen LogP contribution in [-0.4, -0.2) is 6.68 Å². The molecule has 0 aliphatic carbocycles. The molecule has 0 heterocycles. The molecule has 0 saturated heterocycles. The van der Waals surface area contributed by atoms with Gasteiger partial charge in [-0.2, -0.15) is 13.2 Å². The van der Waals surface area contributed by atoms with E-state index in [2.05, 4.69) is 0 Å². The van der Waals surface area contributed by atoms with Gasteiger partial charge in [0.25, 0.3) is 0 Å². The SMILES string of the molecule is F.F.F.F.F.FC(F)F. The lowest BCUT2D eigenvalue weighted by Gasteiger charge is -1.65. The number of alkyl halides is 3. The first-order chi connectivity index (χ1) is 1.73. The average Bonchev–Trinajstić information content (AvgIpc) is 0.811. The van der Waals surface area contributed by atoms with Gasteiger partial charge in [0.2, 0.25) is 0 Å². The summed E-state index contributed by atoms with van der Waals surface area (Å²) in [6, 6.07) is 0. The molecule has 8 heteroatoms. The van der Waals surface area contributed by atoms with Crippen molar-refractivity contribution in [3.8, 4) is 0 Å². The van der Waals surface area contributed by atoms with Crippen molar-refractivity contribution < 1.29 is 36.7 Å². The van der Waals surface area contributed by atoms with Crippen LogP contribution in [0.4, 0.5) is 36.7 Å². The Morgan fingerprint density at radius 1 is 0.556 bits per heavy atom. The molecule has 0 atom stereocenters. The minimum atomic E-state index is -3.67. The van der Waals surface area contributed by atoms with Crippen molar-refractivity contribution in [2.75, 3.05) is 0 Å². The maximum atomic E-state index is 9.67. The van der Waals surface area contributed by atoms with Gasteiger partial charge in [-0.05, 0) is 0 Å². The van der Waals surface area contributed by atoms with Gasteiger partial charge < -0.3 is 0 Å². The molecule has 0 aliphatic rings. The van der Waals surface area contributed by atoms with E-state index in [1.54, 1.807) is 0 Å². The Morgan fingerprint density at radius 2 is 0.556 bits per heavy atom. The summed E-state index contributed by atoms with van der Waals surface area (Å²) in [5.74, 6) is 0. The summed E-state index contributed by atoms with van der Waals surface area (Å²) in [6.07, 6.45) is 0. The van der Waals surface area contributed by atoms with Crippen molar-refractivity contribution in [2.24, 2.45) is 0 Å². The fourth-order valence-corrected chi connectivity index (χ4v) is 0. The molecular formula is CH6F8. The molecule has 0 spiro atoms. The molecule has 0 aromatic rings. The third kappa shape index (κ3) is 702. The highest BCUT2D eigenvalue weighted by Gasteiger charge is 1.86. The fourth-order valence-electron chi connectivity index (χ4n) is 0. The second kappa shape index (κ2) is 51.8. The van der Waals surface area contributed by atoms with Crippen molar-refractivity contribution in [1.82, 2.24) is 0 Å². The largest absolute Gasteiger partial charge is 0.379 e. The third-order valence-electron chi connectivity index (χ3n) is 0. The van der Waals surface area contributed by atoms with Crippen molar-refractivity contribution in [3.63, 3.8) is 0 Å². The monoisotopic (exact) mass is 170 g/mol. The van der Waals surface area contributed by atoms with Crippen molar-refractivity contribution in [1.29, 1.82) is 0 Å². The van der Waals surface area contributed by atoms with E-state index < -0.39 is 6.68 Å². The predicted octanol–water partition coefficient (Wildman–Crippen LogP) is 1.94. The van der Waals surface area contributed by atoms with Crippen LogP contribution in [-0.2, 0) is 0 Å². The van der Waals surface area contributed by atoms with Crippen molar-refractivity contribution in [3.05, 3.63) is 0 Å². The van der Waals surface area contributed by atoms with Gasteiger partial charge in [0.1, 0.15) is 0 Å². The summed E-state index contributed by atoms with van der Waals surface area (Å²) in [4.78, 5) is 0. The normalized spacial score (nSPS) is 4.00. The number of halogens is 8. The molecular weight excluding hydrogens is 164 g/mol. The molecule has 0 amide bonds. The van der Waals surface area contributed by atoms with E-state index >= 15 is 0 Å². The molecule has 0 unspecified atom stereocenters. The molecule has 66 valence electrons. The zero-order valence-electron chi connectivity index (χ0n) is 3.75. The van der Waals surface area contributed by atoms with Crippen LogP contribution in [0, 0.1) is 0 Å². The summed E-state index contributed by atoms with van der Waals surface area (Å²) in [5.41, 5.74) is 0. The zero-order valence-corrected chi connectivity index (χ0v) is 3.75. The second-order valence-electron chi connectivity index (χ2n) is 0.247. The minimum Gasteiger partial charge on any atom is -0.269 e. The Bertz CT molecular complexity index is 9.28. The van der Waals surface area contributed by atoms with Gasteiger partial charge in [0, 0.05) is 0 Å². The van der Waals surface area contributed by atoms with Crippen LogP contribution < -0.4 is 0 Å². The van der Waals surface area contributed by atoms with E-state index in [1.165, 1.54) is 0 Å². The van der Waals surface area contributed by atoms with Crippen LogP contribution >= 0.6 is 0 Å². The van der Waals surface area contributed by atoms with E-state index in [-0.39, 0.29) is 23.5 Å². The summed E-state index contributed by atoms with van der Waals surface area (Å²) in [5, 5.41) is 0. The van der Waals surface area contributed by atoms with Crippen LogP contribution in [0.5, 0.6) is 0 Å². The van der Waals surface area contributed by atoms with Crippen LogP contribution in [0.15, 0.2) is 0 Å². The topological polar surface area (TPSA) is 0 Å². The molecule has 0 N–H and O–H groups in total. The van der Waals surface area contributed by atoms with Crippen LogP contribution in [0.1, 0.15) is 0 Å². The van der Waals surface area contributed by atoms with Crippen LogP contribution in [0.25, 0.3) is 0 Å². The summed E-state index contributed by atoms with van der Waals surface area (Å²) in [7, 11) is 0. The van der Waals surface area contributed by atoms with Gasteiger partial charge >= 0.3 is 6.68 Å². The zero-order chi connectivity index (χ0) is 3.58. The number of hydrogen-bond donors (Lipinski definition) is 0. The first-order valence-electron chi connectivity index (χ1n) is 0.655. The average molecular weight is 170 g/mol. The second-order valence-corrected chi connectivity index (χ2v) is 0.247. The van der Waals surface area contributed by atoms with Crippen LogP contribution in [0.2, 0.25) is 0 Å². The highest BCUT2D eigenvalue weighted by Crippen LogP contribution is 1.87. The van der Waals surface area contributed by atoms with Crippen LogP contribution in [0.3, 0.4) is 0 Å². The molecule has 0 aromatic carbocycles. The Hall–Kier alpha value is -0.560. The quantitative estimate of drug-likeness (QED) is 0.487. The van der Waals surface area contributed by atoms with E-state index in [4.69, 9.17) is 0 Å². The lowest BCUT2D eigenvalue weighted by atomic mass is 11.6. The summed E-state index contributed by atoms with van der Waals surface area (Å²) >= 11 is 0. The molecule has 9 heavy (non-hydrogen) atoms.